The summed E-state index contributed by atoms with van der Waals surface area (Å²) in [5.41, 5.74) is 3.71. The zero-order valence-electron chi connectivity index (χ0n) is 12.8. The second-order valence-corrected chi connectivity index (χ2v) is 4.10. The molecule has 0 heterocycles. The van der Waals surface area contributed by atoms with Crippen LogP contribution in [0.25, 0.3) is 0 Å². The van der Waals surface area contributed by atoms with Gasteiger partial charge in [-0.25, -0.2) is 0 Å². The molecule has 1 heteroatoms. The van der Waals surface area contributed by atoms with Gasteiger partial charge in [0.25, 0.3) is 0 Å². The summed E-state index contributed by atoms with van der Waals surface area (Å²) in [6.45, 7) is 12.0. The number of unbranched alkanes of at least 4 members (excludes halogenated alkanes) is 1. The van der Waals surface area contributed by atoms with E-state index in [2.05, 4.69) is 49.7 Å². The Kier molecular flexibility index (Phi) is 10.5. The number of allylic oxidation sites excluding steroid dienone is 3. The van der Waals surface area contributed by atoms with Crippen molar-refractivity contribution in [3.8, 4) is 0 Å². The molecule has 0 saturated carbocycles. The minimum absolute atomic E-state index is 0.874. The molecule has 1 aromatic carbocycles. The molecule has 0 atom stereocenters. The number of benzene rings is 1. The molecule has 0 N–H and O–H groups in total. The normalized spacial score (nSPS) is 11.1. The number of aliphatic imine (C=N–C) groups is 1. The van der Waals surface area contributed by atoms with Crippen molar-refractivity contribution in [2.45, 2.75) is 47.0 Å². The molecule has 0 aliphatic carbocycles. The molecule has 104 valence electrons. The highest BCUT2D eigenvalue weighted by Gasteiger charge is 1.99. The van der Waals surface area contributed by atoms with Crippen molar-refractivity contribution < 1.29 is 0 Å². The summed E-state index contributed by atoms with van der Waals surface area (Å²) in [6, 6.07) is 8.43. The minimum Gasteiger partial charge on any atom is -0.265 e. The largest absolute Gasteiger partial charge is 0.265 e. The quantitative estimate of drug-likeness (QED) is 0.471. The number of hydrogen-bond acceptors (Lipinski definition) is 1. The molecule has 1 aromatic rings. The topological polar surface area (TPSA) is 12.4 Å². The van der Waals surface area contributed by atoms with E-state index in [1.165, 1.54) is 11.1 Å². The third kappa shape index (κ3) is 7.40. The van der Waals surface area contributed by atoms with Gasteiger partial charge in [-0.3, -0.25) is 4.99 Å². The zero-order valence-corrected chi connectivity index (χ0v) is 12.8. The SMILES string of the molecule is C=C/C=C(\Cc1ccccc1C)N=CCCC.CC. The molecule has 0 saturated heterocycles. The van der Waals surface area contributed by atoms with E-state index in [1.807, 2.05) is 26.1 Å². The van der Waals surface area contributed by atoms with Gasteiger partial charge in [-0.2, -0.15) is 0 Å². The lowest BCUT2D eigenvalue weighted by Crippen LogP contribution is -1.92. The summed E-state index contributed by atoms with van der Waals surface area (Å²) >= 11 is 0. The van der Waals surface area contributed by atoms with Crippen LogP contribution in [0.1, 0.15) is 44.7 Å². The van der Waals surface area contributed by atoms with Gasteiger partial charge in [0.1, 0.15) is 0 Å². The van der Waals surface area contributed by atoms with E-state index >= 15 is 0 Å². The van der Waals surface area contributed by atoms with Crippen molar-refractivity contribution in [3.63, 3.8) is 0 Å². The molecule has 0 bridgehead atoms. The van der Waals surface area contributed by atoms with Gasteiger partial charge in [-0.1, -0.05) is 64.1 Å². The fraction of sp³-hybridized carbons (Fsp3) is 0.389. The first-order chi connectivity index (χ1) is 9.27. The van der Waals surface area contributed by atoms with Crippen LogP contribution in [0.4, 0.5) is 0 Å². The van der Waals surface area contributed by atoms with Gasteiger partial charge in [0.05, 0.1) is 0 Å². The standard InChI is InChI=1S/C16H21N.C2H6/c1-4-6-12-17-16(9-5-2)13-15-11-8-7-10-14(15)3;1-2/h5,7-12H,2,4,6,13H2,1,3H3;1-2H3/b16-9+,17-12?;. The van der Waals surface area contributed by atoms with Crippen molar-refractivity contribution in [1.82, 2.24) is 0 Å². The fourth-order valence-corrected chi connectivity index (χ4v) is 1.60. The van der Waals surface area contributed by atoms with Crippen LogP contribution in [0.15, 0.2) is 53.7 Å². The molecule has 0 fully saturated rings. The molecular weight excluding hydrogens is 230 g/mol. The van der Waals surface area contributed by atoms with Gasteiger partial charge in [0.15, 0.2) is 0 Å². The van der Waals surface area contributed by atoms with Gasteiger partial charge in [-0.05, 0) is 30.5 Å². The van der Waals surface area contributed by atoms with Crippen molar-refractivity contribution in [2.75, 3.05) is 0 Å². The summed E-state index contributed by atoms with van der Waals surface area (Å²) in [5.74, 6) is 0. The lowest BCUT2D eigenvalue weighted by molar-refractivity contribution is 0.998. The number of rotatable bonds is 6. The third-order valence-electron chi connectivity index (χ3n) is 2.62. The number of aryl methyl sites for hydroxylation is 1. The maximum Gasteiger partial charge on any atom is 0.0443 e. The van der Waals surface area contributed by atoms with E-state index in [4.69, 9.17) is 0 Å². The zero-order chi connectivity index (χ0) is 14.5. The predicted molar refractivity (Wildman–Crippen MR) is 87.9 cm³/mol. The molecular formula is C18H27N. The number of hydrogen-bond donors (Lipinski definition) is 0. The smallest absolute Gasteiger partial charge is 0.0443 e. The Hall–Kier alpha value is -1.63. The Morgan fingerprint density at radius 1 is 1.26 bits per heavy atom. The predicted octanol–water partition coefficient (Wildman–Crippen LogP) is 5.50. The molecule has 0 aromatic heterocycles. The lowest BCUT2D eigenvalue weighted by Gasteiger charge is -2.05. The first-order valence-electron chi connectivity index (χ1n) is 7.16. The van der Waals surface area contributed by atoms with Crippen LogP contribution in [0.5, 0.6) is 0 Å². The van der Waals surface area contributed by atoms with E-state index in [0.29, 0.717) is 0 Å². The highest BCUT2D eigenvalue weighted by Crippen LogP contribution is 2.13. The molecule has 0 aliphatic heterocycles. The Morgan fingerprint density at radius 2 is 1.95 bits per heavy atom. The maximum absolute atomic E-state index is 4.50. The van der Waals surface area contributed by atoms with Gasteiger partial charge in [-0.15, -0.1) is 0 Å². The van der Waals surface area contributed by atoms with Crippen LogP contribution >= 0.6 is 0 Å². The third-order valence-corrected chi connectivity index (χ3v) is 2.62. The van der Waals surface area contributed by atoms with Crippen LogP contribution in [-0.2, 0) is 6.42 Å². The Bertz CT molecular complexity index is 413. The van der Waals surface area contributed by atoms with E-state index in [9.17, 15) is 0 Å². The molecule has 0 radical (unpaired) electrons. The van der Waals surface area contributed by atoms with E-state index < -0.39 is 0 Å². The molecule has 0 spiro atoms. The summed E-state index contributed by atoms with van der Waals surface area (Å²) in [5, 5.41) is 0. The molecule has 0 aliphatic rings. The molecule has 0 amide bonds. The van der Waals surface area contributed by atoms with E-state index in [-0.39, 0.29) is 0 Å². The van der Waals surface area contributed by atoms with Crippen LogP contribution in [0.2, 0.25) is 0 Å². The first kappa shape index (κ1) is 17.4. The average molecular weight is 257 g/mol. The molecule has 1 rings (SSSR count). The lowest BCUT2D eigenvalue weighted by atomic mass is 10.0. The van der Waals surface area contributed by atoms with Gasteiger partial charge < -0.3 is 0 Å². The van der Waals surface area contributed by atoms with Crippen LogP contribution in [0, 0.1) is 6.92 Å². The van der Waals surface area contributed by atoms with Gasteiger partial charge in [0, 0.05) is 18.3 Å². The average Bonchev–Trinajstić information content (AvgIpc) is 2.44. The molecule has 0 unspecified atom stereocenters. The summed E-state index contributed by atoms with van der Waals surface area (Å²) in [6.07, 6.45) is 8.82. The van der Waals surface area contributed by atoms with Crippen molar-refractivity contribution in [3.05, 3.63) is 59.8 Å². The maximum atomic E-state index is 4.50. The Labute approximate surface area is 118 Å². The number of nitrogens with zero attached hydrogens (tertiary/aromatic N) is 1. The van der Waals surface area contributed by atoms with Crippen molar-refractivity contribution in [1.29, 1.82) is 0 Å². The van der Waals surface area contributed by atoms with Gasteiger partial charge >= 0.3 is 0 Å². The van der Waals surface area contributed by atoms with Crippen LogP contribution < -0.4 is 0 Å². The monoisotopic (exact) mass is 257 g/mol. The Morgan fingerprint density at radius 3 is 2.53 bits per heavy atom. The van der Waals surface area contributed by atoms with E-state index in [0.717, 1.165) is 25.0 Å². The molecule has 1 nitrogen and oxygen atoms in total. The summed E-state index contributed by atoms with van der Waals surface area (Å²) < 4.78 is 0. The van der Waals surface area contributed by atoms with E-state index in [1.54, 1.807) is 6.08 Å². The second-order valence-electron chi connectivity index (χ2n) is 4.10. The fourth-order valence-electron chi connectivity index (χ4n) is 1.60. The van der Waals surface area contributed by atoms with Crippen LogP contribution in [0.3, 0.4) is 0 Å². The minimum atomic E-state index is 0.874. The summed E-state index contributed by atoms with van der Waals surface area (Å²) in [4.78, 5) is 4.50. The van der Waals surface area contributed by atoms with Crippen molar-refractivity contribution >= 4 is 6.21 Å². The summed E-state index contributed by atoms with van der Waals surface area (Å²) in [7, 11) is 0. The first-order valence-corrected chi connectivity index (χ1v) is 7.16. The molecule has 19 heavy (non-hydrogen) atoms. The highest BCUT2D eigenvalue weighted by atomic mass is 14.7. The second kappa shape index (κ2) is 11.5. The van der Waals surface area contributed by atoms with Crippen LogP contribution in [-0.4, -0.2) is 6.21 Å². The highest BCUT2D eigenvalue weighted by molar-refractivity contribution is 5.59. The van der Waals surface area contributed by atoms with Crippen molar-refractivity contribution in [2.24, 2.45) is 4.99 Å². The van der Waals surface area contributed by atoms with Gasteiger partial charge in [0.2, 0.25) is 0 Å². The Balaban J connectivity index is 0.00000154.